The summed E-state index contributed by atoms with van der Waals surface area (Å²) in [6, 6.07) is 8.87. The average molecular weight is 284 g/mol. The smallest absolute Gasteiger partial charge is 0.0554 e. The van der Waals surface area contributed by atoms with Gasteiger partial charge in [-0.1, -0.05) is 35.0 Å². The molecule has 0 saturated carbocycles. The topological polar surface area (TPSA) is 21.3 Å². The molecule has 1 aromatic carbocycles. The van der Waals surface area contributed by atoms with Crippen molar-refractivity contribution in [2.24, 2.45) is 5.41 Å². The summed E-state index contributed by atoms with van der Waals surface area (Å²) in [6.07, 6.45) is 0. The van der Waals surface area contributed by atoms with Gasteiger partial charge in [0.1, 0.15) is 0 Å². The predicted octanol–water partition coefficient (Wildman–Crippen LogP) is 3.14. The van der Waals surface area contributed by atoms with Gasteiger partial charge in [-0.25, -0.2) is 0 Å². The van der Waals surface area contributed by atoms with E-state index in [4.69, 9.17) is 4.74 Å². The molecule has 1 N–H and O–H groups in total. The van der Waals surface area contributed by atoms with Gasteiger partial charge >= 0.3 is 0 Å². The minimum atomic E-state index is 0.337. The molecule has 88 valence electrons. The minimum absolute atomic E-state index is 0.337. The molecule has 0 aromatic heterocycles. The highest BCUT2D eigenvalue weighted by Crippen LogP contribution is 2.26. The molecule has 0 amide bonds. The Morgan fingerprint density at radius 1 is 1.38 bits per heavy atom. The van der Waals surface area contributed by atoms with Gasteiger partial charge in [0, 0.05) is 22.5 Å². The number of nitrogens with one attached hydrogen (secondary N) is 1. The van der Waals surface area contributed by atoms with E-state index in [0.29, 0.717) is 11.5 Å². The second-order valence-electron chi connectivity index (χ2n) is 4.96. The molecule has 1 fully saturated rings. The van der Waals surface area contributed by atoms with E-state index in [2.05, 4.69) is 59.4 Å². The molecule has 1 atom stereocenters. The summed E-state index contributed by atoms with van der Waals surface area (Å²) in [6.45, 7) is 7.24. The van der Waals surface area contributed by atoms with E-state index in [-0.39, 0.29) is 0 Å². The minimum Gasteiger partial charge on any atom is -0.380 e. The summed E-state index contributed by atoms with van der Waals surface area (Å²) in [4.78, 5) is 0. The Morgan fingerprint density at radius 2 is 2.00 bits per heavy atom. The Kier molecular flexibility index (Phi) is 3.67. The zero-order valence-electron chi connectivity index (χ0n) is 9.79. The van der Waals surface area contributed by atoms with Crippen LogP contribution in [0, 0.1) is 5.41 Å². The van der Waals surface area contributed by atoms with Gasteiger partial charge in [0.2, 0.25) is 0 Å². The van der Waals surface area contributed by atoms with Crippen LogP contribution in [-0.2, 0) is 4.74 Å². The molecule has 0 unspecified atom stereocenters. The number of benzene rings is 1. The quantitative estimate of drug-likeness (QED) is 0.917. The molecular weight excluding hydrogens is 266 g/mol. The highest BCUT2D eigenvalue weighted by molar-refractivity contribution is 9.10. The predicted molar refractivity (Wildman–Crippen MR) is 69.5 cm³/mol. The van der Waals surface area contributed by atoms with Gasteiger partial charge in [0.25, 0.3) is 0 Å². The second-order valence-corrected chi connectivity index (χ2v) is 5.87. The van der Waals surface area contributed by atoms with Crippen LogP contribution in [0.15, 0.2) is 28.7 Å². The second kappa shape index (κ2) is 4.86. The van der Waals surface area contributed by atoms with Crippen molar-refractivity contribution in [3.05, 3.63) is 34.3 Å². The molecule has 16 heavy (non-hydrogen) atoms. The van der Waals surface area contributed by atoms with Crippen LogP contribution in [0.5, 0.6) is 0 Å². The van der Waals surface area contributed by atoms with E-state index < -0.39 is 0 Å². The van der Waals surface area contributed by atoms with Crippen LogP contribution in [-0.4, -0.2) is 19.8 Å². The lowest BCUT2D eigenvalue weighted by Gasteiger charge is -2.39. The zero-order valence-corrected chi connectivity index (χ0v) is 11.4. The number of hydrogen-bond donors (Lipinski definition) is 1. The number of halogens is 1. The first-order valence-electron chi connectivity index (χ1n) is 5.66. The fraction of sp³-hybridized carbons (Fsp3) is 0.538. The van der Waals surface area contributed by atoms with E-state index >= 15 is 0 Å². The maximum atomic E-state index is 5.25. The van der Waals surface area contributed by atoms with Crippen molar-refractivity contribution in [3.63, 3.8) is 0 Å². The molecule has 0 bridgehead atoms. The molecule has 1 heterocycles. The first-order valence-corrected chi connectivity index (χ1v) is 6.45. The molecule has 1 aliphatic heterocycles. The lowest BCUT2D eigenvalue weighted by molar-refractivity contribution is -0.0999. The third-order valence-electron chi connectivity index (χ3n) is 3.11. The summed E-state index contributed by atoms with van der Waals surface area (Å²) in [5, 5.41) is 3.57. The van der Waals surface area contributed by atoms with Gasteiger partial charge in [0.15, 0.2) is 0 Å². The Bertz CT molecular complexity index is 345. The average Bonchev–Trinajstić information content (AvgIpc) is 2.24. The lowest BCUT2D eigenvalue weighted by Crippen LogP contribution is -2.47. The van der Waals surface area contributed by atoms with E-state index in [1.54, 1.807) is 0 Å². The Labute approximate surface area is 106 Å². The van der Waals surface area contributed by atoms with Crippen LogP contribution in [0.4, 0.5) is 0 Å². The highest BCUT2D eigenvalue weighted by Gasteiger charge is 2.33. The maximum absolute atomic E-state index is 5.25. The SMILES string of the molecule is C[C@@H](NCC1(C)COC1)c1ccc(Br)cc1. The van der Waals surface area contributed by atoms with Gasteiger partial charge in [-0.2, -0.15) is 0 Å². The van der Waals surface area contributed by atoms with Crippen LogP contribution in [0.2, 0.25) is 0 Å². The van der Waals surface area contributed by atoms with E-state index in [0.717, 1.165) is 24.2 Å². The van der Waals surface area contributed by atoms with Crippen molar-refractivity contribution in [1.29, 1.82) is 0 Å². The molecule has 1 saturated heterocycles. The van der Waals surface area contributed by atoms with Crippen molar-refractivity contribution >= 4 is 15.9 Å². The van der Waals surface area contributed by atoms with E-state index in [1.165, 1.54) is 5.56 Å². The summed E-state index contributed by atoms with van der Waals surface area (Å²) < 4.78 is 6.37. The maximum Gasteiger partial charge on any atom is 0.0554 e. The van der Waals surface area contributed by atoms with Crippen LogP contribution in [0.1, 0.15) is 25.5 Å². The molecule has 0 radical (unpaired) electrons. The lowest BCUT2D eigenvalue weighted by atomic mass is 9.88. The Hall–Kier alpha value is -0.380. The molecule has 0 spiro atoms. The molecular formula is C13H18BrNO. The van der Waals surface area contributed by atoms with E-state index in [9.17, 15) is 0 Å². The standard InChI is InChI=1S/C13H18BrNO/c1-10(11-3-5-12(14)6-4-11)15-7-13(2)8-16-9-13/h3-6,10,15H,7-9H2,1-2H3/t10-/m1/s1. The summed E-state index contributed by atoms with van der Waals surface area (Å²) in [5.41, 5.74) is 1.66. The Balaban J connectivity index is 1.87. The van der Waals surface area contributed by atoms with Gasteiger partial charge in [-0.05, 0) is 24.6 Å². The molecule has 0 aliphatic carbocycles. The third-order valence-corrected chi connectivity index (χ3v) is 3.63. The zero-order chi connectivity index (χ0) is 11.6. The molecule has 3 heteroatoms. The van der Waals surface area contributed by atoms with Crippen molar-refractivity contribution in [2.45, 2.75) is 19.9 Å². The normalized spacial score (nSPS) is 20.2. The van der Waals surface area contributed by atoms with Gasteiger partial charge in [0.05, 0.1) is 13.2 Å². The van der Waals surface area contributed by atoms with Crippen LogP contribution in [0.25, 0.3) is 0 Å². The summed E-state index contributed by atoms with van der Waals surface area (Å²) in [7, 11) is 0. The summed E-state index contributed by atoms with van der Waals surface area (Å²) >= 11 is 3.45. The number of rotatable bonds is 4. The molecule has 1 aliphatic rings. The van der Waals surface area contributed by atoms with Crippen molar-refractivity contribution in [1.82, 2.24) is 5.32 Å². The van der Waals surface area contributed by atoms with Crippen molar-refractivity contribution in [3.8, 4) is 0 Å². The fourth-order valence-corrected chi connectivity index (χ4v) is 2.09. The van der Waals surface area contributed by atoms with Crippen molar-refractivity contribution in [2.75, 3.05) is 19.8 Å². The Morgan fingerprint density at radius 3 is 2.50 bits per heavy atom. The number of ether oxygens (including phenoxy) is 1. The molecule has 1 aromatic rings. The fourth-order valence-electron chi connectivity index (χ4n) is 1.82. The molecule has 2 nitrogen and oxygen atoms in total. The first-order chi connectivity index (χ1) is 7.59. The largest absolute Gasteiger partial charge is 0.380 e. The van der Waals surface area contributed by atoms with Gasteiger partial charge in [-0.15, -0.1) is 0 Å². The van der Waals surface area contributed by atoms with Gasteiger partial charge < -0.3 is 10.1 Å². The summed E-state index contributed by atoms with van der Waals surface area (Å²) in [5.74, 6) is 0. The third kappa shape index (κ3) is 2.84. The molecule has 2 rings (SSSR count). The van der Waals surface area contributed by atoms with E-state index in [1.807, 2.05) is 0 Å². The van der Waals surface area contributed by atoms with Crippen LogP contribution in [0.3, 0.4) is 0 Å². The van der Waals surface area contributed by atoms with Crippen LogP contribution < -0.4 is 5.32 Å². The highest BCUT2D eigenvalue weighted by atomic mass is 79.9. The number of hydrogen-bond acceptors (Lipinski definition) is 2. The first kappa shape index (κ1) is 12.1. The van der Waals surface area contributed by atoms with Crippen molar-refractivity contribution < 1.29 is 4.74 Å². The monoisotopic (exact) mass is 283 g/mol. The van der Waals surface area contributed by atoms with Crippen LogP contribution >= 0.6 is 15.9 Å². The van der Waals surface area contributed by atoms with Gasteiger partial charge in [-0.3, -0.25) is 0 Å².